The number of aliphatic hydroxyl groups is 6. The maximum atomic E-state index is 14.9. The Bertz CT molecular complexity index is 3930. The van der Waals surface area contributed by atoms with Crippen LogP contribution in [0.5, 0.6) is 0 Å². The van der Waals surface area contributed by atoms with Crippen LogP contribution in [0.1, 0.15) is 168 Å². The normalized spacial score (nSPS) is 27.8. The molecule has 1 saturated carbocycles. The number of amides is 8. The Morgan fingerprint density at radius 1 is 0.496 bits per heavy atom. The van der Waals surface area contributed by atoms with E-state index in [1.807, 2.05) is 48.5 Å². The van der Waals surface area contributed by atoms with Gasteiger partial charge in [-0.3, -0.25) is 14.4 Å². The van der Waals surface area contributed by atoms with E-state index in [0.717, 1.165) is 26.9 Å². The van der Waals surface area contributed by atoms with E-state index >= 15 is 0 Å². The molecule has 0 bridgehead atoms. The third kappa shape index (κ3) is 27.8. The molecule has 8 amide bonds. The lowest BCUT2D eigenvalue weighted by Gasteiger charge is -2.48. The predicted octanol–water partition coefficient (Wildman–Crippen LogP) is 2.28. The van der Waals surface area contributed by atoms with Crippen LogP contribution in [0.3, 0.4) is 0 Å². The van der Waals surface area contributed by atoms with Gasteiger partial charge in [0.15, 0.2) is 18.9 Å². The fourth-order valence-electron chi connectivity index (χ4n) is 13.7. The lowest BCUT2D eigenvalue weighted by Crippen LogP contribution is -2.70. The van der Waals surface area contributed by atoms with E-state index in [0.29, 0.717) is 0 Å². The van der Waals surface area contributed by atoms with Crippen molar-refractivity contribution in [3.05, 3.63) is 71.5 Å². The number of hydrogen-bond acceptors (Lipinski definition) is 31. The van der Waals surface area contributed by atoms with Gasteiger partial charge in [-0.15, -0.1) is 5.10 Å². The van der Waals surface area contributed by atoms with Gasteiger partial charge in [-0.2, -0.15) is 0 Å². The van der Waals surface area contributed by atoms with E-state index in [-0.39, 0.29) is 12.3 Å². The summed E-state index contributed by atoms with van der Waals surface area (Å²) in [6, 6.07) is 5.81. The summed E-state index contributed by atoms with van der Waals surface area (Å²) in [6.07, 6.45) is -34.2. The largest absolute Gasteiger partial charge is 0.459 e. The standard InChI is InChI=1S/C79H122N12O28/c1-37(2)52(64(100)81-33-50(92)114-74(3,4)5)87-63(99)46(86-70(103)107-36-43-41-27-23-21-25-39(41)40-26-22-24-28-42(40)43)29-38-34-91(90-89-38)35-49-61(112-66-53(88-73(106)119-79(18,19)20)58(97)56(95)48(109-66)32-83-69(102)116-76(9,10)11)59(98)67(110-49)113-62-54(93)44(84-71(104)117-77(12,13)14)30-45(85-72(105)118-78(15,16)17)60(62)111-65-51(80)57(96)55(94)47(108-65)31-82-68(101)115-75(6,7)8/h21-28,34,37,43-49,51-62,65-67,93-98H,29-33,35-36,80H2,1-20H3,(H,81,100)(H,82,101)(H,83,102)(H,84,104)(H,85,105)(H,86,103)(H,87,99)(H,88,106)/t44-,45+,46?,47-,48+,49-,51-,52?,53-,54+,55-,56-,57-,58-,59-,60-,61-,62-,65-,66-,67+/m1/s1. The van der Waals surface area contributed by atoms with Crippen molar-refractivity contribution in [2.45, 2.75) is 326 Å². The predicted molar refractivity (Wildman–Crippen MR) is 419 cm³/mol. The average molecular weight is 1690 g/mol. The van der Waals surface area contributed by atoms with Crippen molar-refractivity contribution in [2.24, 2.45) is 11.7 Å². The topological polar surface area (TPSA) is 548 Å². The fraction of sp³-hybridized carbons (Fsp3) is 0.709. The minimum absolute atomic E-state index is 0.0286. The van der Waals surface area contributed by atoms with Crippen LogP contribution in [0.25, 0.3) is 11.1 Å². The van der Waals surface area contributed by atoms with Crippen LogP contribution in [0.15, 0.2) is 54.7 Å². The maximum Gasteiger partial charge on any atom is 0.408 e. The number of nitrogens with two attached hydrogens (primary N) is 1. The van der Waals surface area contributed by atoms with Crippen molar-refractivity contribution >= 4 is 54.3 Å². The second-order valence-corrected chi connectivity index (χ2v) is 36.3. The quantitative estimate of drug-likeness (QED) is 0.0405. The minimum atomic E-state index is -2.18. The van der Waals surface area contributed by atoms with Crippen LogP contribution in [0, 0.1) is 5.92 Å². The number of carbonyl (C=O) groups excluding carboxylic acids is 9. The molecule has 2 aliphatic carbocycles. The molecule has 2 unspecified atom stereocenters. The Balaban J connectivity index is 1.20. The number of nitrogens with one attached hydrogen (secondary N) is 8. The molecule has 666 valence electrons. The van der Waals surface area contributed by atoms with E-state index in [2.05, 4.69) is 52.8 Å². The highest BCUT2D eigenvalue weighted by Crippen LogP contribution is 2.45. The Morgan fingerprint density at radius 3 is 1.48 bits per heavy atom. The SMILES string of the molecule is CC(C)C(NC(=O)C(Cc1cn(C[C@H]2O[C@@H](O[C@@H]3[C@@H](O)[C@H](NC(=O)OC(C)(C)C)C[C@H](NC(=O)OC(C)(C)C)[C@H]3O[C@H]3O[C@H](CNC(=O)OC(C)(C)C)[C@@H](O)[C@H](O)[C@H]3N)[C@H](O)[C@@H]2O[C@H]2O[C@@H](CNC(=O)OC(C)(C)C)[C@@H](O)[C@H](O)[C@H]2NC(=O)OC(C)(C)C)nn1)NC(=O)OCC1c2ccccc2-c2ccccc21)C(=O)NCC(=O)OC(C)(C)C. The van der Waals surface area contributed by atoms with Gasteiger partial charge in [0.2, 0.25) is 11.8 Å². The molecular formula is C79H122N12O28. The summed E-state index contributed by atoms with van der Waals surface area (Å²) < 4.78 is 79.4. The first kappa shape index (κ1) is 95.6. The Hall–Kier alpha value is -8.91. The second-order valence-electron chi connectivity index (χ2n) is 36.3. The number of fused-ring (bicyclic) bond motifs is 3. The molecule has 3 saturated heterocycles. The lowest BCUT2D eigenvalue weighted by atomic mass is 9.83. The van der Waals surface area contributed by atoms with Gasteiger partial charge in [-0.25, -0.2) is 33.4 Å². The van der Waals surface area contributed by atoms with Crippen LogP contribution in [-0.4, -0.2) is 288 Å². The van der Waals surface area contributed by atoms with Crippen molar-refractivity contribution < 1.29 is 135 Å². The molecule has 40 nitrogen and oxygen atoms in total. The summed E-state index contributed by atoms with van der Waals surface area (Å²) in [5.74, 6) is -3.50. The number of alkyl carbamates (subject to hydrolysis) is 6. The number of carbonyl (C=O) groups is 9. The molecule has 21 atom stereocenters. The number of ether oxygens (including phenoxy) is 13. The molecule has 2 aromatic carbocycles. The fourth-order valence-corrected chi connectivity index (χ4v) is 13.7. The van der Waals surface area contributed by atoms with E-state index < -0.39 is 267 Å². The highest BCUT2D eigenvalue weighted by atomic mass is 16.8. The molecule has 4 heterocycles. The molecule has 16 N–H and O–H groups in total. The average Bonchev–Trinajstić information content (AvgIpc) is 1.70. The zero-order chi connectivity index (χ0) is 88.5. The Morgan fingerprint density at radius 2 is 0.958 bits per heavy atom. The first-order valence-corrected chi connectivity index (χ1v) is 39.6. The van der Waals surface area contributed by atoms with E-state index in [4.69, 9.17) is 67.3 Å². The Kier molecular flexibility index (Phi) is 31.6. The number of aliphatic hydroxyl groups excluding tert-OH is 6. The van der Waals surface area contributed by atoms with Gasteiger partial charge in [-0.05, 0) is 159 Å². The van der Waals surface area contributed by atoms with Gasteiger partial charge in [0.25, 0.3) is 0 Å². The van der Waals surface area contributed by atoms with Gasteiger partial charge in [0, 0.05) is 31.6 Å². The third-order valence-electron chi connectivity index (χ3n) is 18.8. The van der Waals surface area contributed by atoms with Gasteiger partial charge < -0.3 is 140 Å². The summed E-state index contributed by atoms with van der Waals surface area (Å²) in [7, 11) is 0. The number of rotatable bonds is 26. The van der Waals surface area contributed by atoms with Crippen LogP contribution in [-0.2, 0) is 88.9 Å². The van der Waals surface area contributed by atoms with E-state index in [1.54, 1.807) is 138 Å². The molecular weight excluding hydrogens is 1560 g/mol. The molecule has 8 rings (SSSR count). The Labute approximate surface area is 690 Å². The summed E-state index contributed by atoms with van der Waals surface area (Å²) in [5.41, 5.74) is 3.89. The van der Waals surface area contributed by atoms with Crippen LogP contribution >= 0.6 is 0 Å². The van der Waals surface area contributed by atoms with Gasteiger partial charge in [0.05, 0.1) is 30.4 Å². The first-order chi connectivity index (χ1) is 55.1. The maximum absolute atomic E-state index is 14.9. The summed E-state index contributed by atoms with van der Waals surface area (Å²) in [5, 5.41) is 102. The van der Waals surface area contributed by atoms with Gasteiger partial charge in [0.1, 0.15) is 138 Å². The monoisotopic (exact) mass is 1690 g/mol. The van der Waals surface area contributed by atoms with Crippen LogP contribution in [0.4, 0.5) is 28.8 Å². The van der Waals surface area contributed by atoms with Crippen LogP contribution in [0.2, 0.25) is 0 Å². The second kappa shape index (κ2) is 39.3. The highest BCUT2D eigenvalue weighted by Gasteiger charge is 2.57. The smallest absolute Gasteiger partial charge is 0.408 e. The number of aromatic nitrogens is 3. The lowest BCUT2D eigenvalue weighted by molar-refractivity contribution is -0.308. The first-order valence-electron chi connectivity index (χ1n) is 39.6. The molecule has 3 aliphatic heterocycles. The third-order valence-corrected chi connectivity index (χ3v) is 18.8. The van der Waals surface area contributed by atoms with Crippen molar-refractivity contribution in [2.75, 3.05) is 26.2 Å². The van der Waals surface area contributed by atoms with Crippen LogP contribution < -0.4 is 48.3 Å². The molecule has 0 spiro atoms. The molecule has 3 aromatic rings. The molecule has 4 fully saturated rings. The van der Waals surface area contributed by atoms with Crippen molar-refractivity contribution in [1.29, 1.82) is 0 Å². The molecule has 119 heavy (non-hydrogen) atoms. The summed E-state index contributed by atoms with van der Waals surface area (Å²) >= 11 is 0. The molecule has 0 radical (unpaired) electrons. The van der Waals surface area contributed by atoms with Gasteiger partial charge >= 0.3 is 42.5 Å². The highest BCUT2D eigenvalue weighted by molar-refractivity contribution is 5.93. The number of esters is 1. The molecule has 5 aliphatic rings. The van der Waals surface area contributed by atoms with E-state index in [9.17, 15) is 73.8 Å². The zero-order valence-electron chi connectivity index (χ0n) is 71.0. The van der Waals surface area contributed by atoms with Crippen molar-refractivity contribution in [1.82, 2.24) is 57.5 Å². The summed E-state index contributed by atoms with van der Waals surface area (Å²) in [4.78, 5) is 124. The number of benzene rings is 2. The molecule has 40 heteroatoms. The van der Waals surface area contributed by atoms with Crippen molar-refractivity contribution in [3.63, 3.8) is 0 Å². The van der Waals surface area contributed by atoms with Crippen molar-refractivity contribution in [3.8, 4) is 11.1 Å². The zero-order valence-corrected chi connectivity index (χ0v) is 71.0. The molecule has 1 aromatic heterocycles. The summed E-state index contributed by atoms with van der Waals surface area (Å²) in [6.45, 7) is 29.5. The number of nitrogens with zero attached hydrogens (tertiary/aromatic N) is 3. The van der Waals surface area contributed by atoms with E-state index in [1.165, 1.54) is 6.20 Å². The minimum Gasteiger partial charge on any atom is -0.459 e. The van der Waals surface area contributed by atoms with Gasteiger partial charge in [-0.1, -0.05) is 67.6 Å². The number of hydrogen-bond donors (Lipinski definition) is 15.